The van der Waals surface area contributed by atoms with E-state index < -0.39 is 0 Å². The third-order valence-corrected chi connectivity index (χ3v) is 3.10. The molecule has 0 saturated heterocycles. The molecule has 0 saturated carbocycles. The summed E-state index contributed by atoms with van der Waals surface area (Å²) in [6, 6.07) is 7.66. The zero-order valence-corrected chi connectivity index (χ0v) is 11.5. The number of unbranched alkanes of at least 4 members (excludes halogenated alkanes) is 2. The summed E-state index contributed by atoms with van der Waals surface area (Å²) in [5, 5.41) is 12.8. The SMILES string of the molecule is CCCCCOc1c(/C(N)=N/O)cnc2ccccc12. The Labute approximate surface area is 118 Å². The lowest BCUT2D eigenvalue weighted by molar-refractivity contribution is 0.306. The molecule has 0 atom stereocenters. The van der Waals surface area contributed by atoms with E-state index in [0.717, 1.165) is 30.2 Å². The van der Waals surface area contributed by atoms with Gasteiger partial charge in [-0.2, -0.15) is 0 Å². The number of benzene rings is 1. The number of nitrogens with zero attached hydrogens (tertiary/aromatic N) is 2. The van der Waals surface area contributed by atoms with Crippen LogP contribution in [0.25, 0.3) is 10.9 Å². The van der Waals surface area contributed by atoms with Crippen LogP contribution in [0, 0.1) is 0 Å². The molecule has 106 valence electrons. The summed E-state index contributed by atoms with van der Waals surface area (Å²) in [5.41, 5.74) is 7.04. The predicted octanol–water partition coefficient (Wildman–Crippen LogP) is 2.90. The Balaban J connectivity index is 2.39. The van der Waals surface area contributed by atoms with Gasteiger partial charge in [0.2, 0.25) is 0 Å². The molecule has 0 bridgehead atoms. The van der Waals surface area contributed by atoms with Crippen molar-refractivity contribution in [3.63, 3.8) is 0 Å². The van der Waals surface area contributed by atoms with Gasteiger partial charge in [0.1, 0.15) is 5.75 Å². The van der Waals surface area contributed by atoms with Gasteiger partial charge in [0.25, 0.3) is 0 Å². The van der Waals surface area contributed by atoms with E-state index in [-0.39, 0.29) is 5.84 Å². The molecule has 0 aliphatic rings. The van der Waals surface area contributed by atoms with Crippen LogP contribution in [0.15, 0.2) is 35.6 Å². The minimum atomic E-state index is 0.00810. The highest BCUT2D eigenvalue weighted by molar-refractivity contribution is 6.04. The molecule has 0 aliphatic heterocycles. The van der Waals surface area contributed by atoms with Crippen molar-refractivity contribution in [2.75, 3.05) is 6.61 Å². The normalized spacial score (nSPS) is 11.8. The van der Waals surface area contributed by atoms with Crippen molar-refractivity contribution >= 4 is 16.7 Å². The topological polar surface area (TPSA) is 80.7 Å². The van der Waals surface area contributed by atoms with Gasteiger partial charge in [0.15, 0.2) is 5.84 Å². The number of amidine groups is 1. The summed E-state index contributed by atoms with van der Waals surface area (Å²) < 4.78 is 5.86. The molecule has 1 aromatic carbocycles. The molecule has 0 fully saturated rings. The zero-order chi connectivity index (χ0) is 14.4. The lowest BCUT2D eigenvalue weighted by Gasteiger charge is -2.13. The smallest absolute Gasteiger partial charge is 0.175 e. The number of ether oxygens (including phenoxy) is 1. The number of oxime groups is 1. The molecule has 0 amide bonds. The van der Waals surface area contributed by atoms with Crippen molar-refractivity contribution in [2.24, 2.45) is 10.9 Å². The first-order valence-electron chi connectivity index (χ1n) is 6.76. The second kappa shape index (κ2) is 6.75. The molecule has 5 heteroatoms. The zero-order valence-electron chi connectivity index (χ0n) is 11.5. The molecule has 0 spiro atoms. The highest BCUT2D eigenvalue weighted by atomic mass is 16.5. The average molecular weight is 273 g/mol. The fraction of sp³-hybridized carbons (Fsp3) is 0.333. The van der Waals surface area contributed by atoms with Gasteiger partial charge in [-0.25, -0.2) is 0 Å². The maximum absolute atomic E-state index is 8.87. The Morgan fingerprint density at radius 3 is 2.90 bits per heavy atom. The van der Waals surface area contributed by atoms with Crippen molar-refractivity contribution in [1.82, 2.24) is 4.98 Å². The van der Waals surface area contributed by atoms with Gasteiger partial charge in [-0.3, -0.25) is 4.98 Å². The first-order valence-corrected chi connectivity index (χ1v) is 6.76. The first-order chi connectivity index (χ1) is 9.77. The second-order valence-corrected chi connectivity index (χ2v) is 4.56. The fourth-order valence-corrected chi connectivity index (χ4v) is 2.03. The highest BCUT2D eigenvalue weighted by Crippen LogP contribution is 2.28. The molecule has 3 N–H and O–H groups in total. The summed E-state index contributed by atoms with van der Waals surface area (Å²) in [4.78, 5) is 4.30. The molecular formula is C15H19N3O2. The minimum absolute atomic E-state index is 0.00810. The molecule has 20 heavy (non-hydrogen) atoms. The number of pyridine rings is 1. The van der Waals surface area contributed by atoms with Crippen molar-refractivity contribution in [2.45, 2.75) is 26.2 Å². The van der Waals surface area contributed by atoms with Crippen LogP contribution in [0.3, 0.4) is 0 Å². The van der Waals surface area contributed by atoms with Crippen LogP contribution in [-0.2, 0) is 0 Å². The van der Waals surface area contributed by atoms with E-state index in [9.17, 15) is 0 Å². The van der Waals surface area contributed by atoms with E-state index >= 15 is 0 Å². The Morgan fingerprint density at radius 2 is 2.15 bits per heavy atom. The predicted molar refractivity (Wildman–Crippen MR) is 79.3 cm³/mol. The minimum Gasteiger partial charge on any atom is -0.492 e. The Kier molecular flexibility index (Phi) is 4.76. The second-order valence-electron chi connectivity index (χ2n) is 4.56. The van der Waals surface area contributed by atoms with E-state index in [1.54, 1.807) is 6.20 Å². The number of para-hydroxylation sites is 1. The van der Waals surface area contributed by atoms with E-state index in [2.05, 4.69) is 17.1 Å². The number of nitrogens with two attached hydrogens (primary N) is 1. The summed E-state index contributed by atoms with van der Waals surface area (Å²) in [6.07, 6.45) is 4.80. The molecule has 1 aromatic heterocycles. The van der Waals surface area contributed by atoms with Crippen molar-refractivity contribution < 1.29 is 9.94 Å². The molecule has 2 aromatic rings. The van der Waals surface area contributed by atoms with Crippen LogP contribution in [0.1, 0.15) is 31.7 Å². The van der Waals surface area contributed by atoms with Crippen LogP contribution in [0.4, 0.5) is 0 Å². The third-order valence-electron chi connectivity index (χ3n) is 3.10. The van der Waals surface area contributed by atoms with Crippen LogP contribution < -0.4 is 10.5 Å². The van der Waals surface area contributed by atoms with Crippen molar-refractivity contribution in [3.05, 3.63) is 36.0 Å². The van der Waals surface area contributed by atoms with E-state index in [0.29, 0.717) is 17.9 Å². The molecule has 0 unspecified atom stereocenters. The average Bonchev–Trinajstić information content (AvgIpc) is 2.50. The van der Waals surface area contributed by atoms with Crippen LogP contribution >= 0.6 is 0 Å². The van der Waals surface area contributed by atoms with Crippen LogP contribution in [-0.4, -0.2) is 22.6 Å². The lowest BCUT2D eigenvalue weighted by Crippen LogP contribution is -2.16. The number of rotatable bonds is 6. The summed E-state index contributed by atoms with van der Waals surface area (Å²) >= 11 is 0. The highest BCUT2D eigenvalue weighted by Gasteiger charge is 2.13. The van der Waals surface area contributed by atoms with Crippen molar-refractivity contribution in [1.29, 1.82) is 0 Å². The number of hydrogen-bond donors (Lipinski definition) is 2. The summed E-state index contributed by atoms with van der Waals surface area (Å²) in [5.74, 6) is 0.635. The van der Waals surface area contributed by atoms with Crippen LogP contribution in [0.5, 0.6) is 5.75 Å². The van der Waals surface area contributed by atoms with Gasteiger partial charge in [0, 0.05) is 11.6 Å². The molecule has 5 nitrogen and oxygen atoms in total. The Hall–Kier alpha value is -2.30. The van der Waals surface area contributed by atoms with Crippen molar-refractivity contribution in [3.8, 4) is 5.75 Å². The molecule has 2 rings (SSSR count). The van der Waals surface area contributed by atoms with Gasteiger partial charge >= 0.3 is 0 Å². The third kappa shape index (κ3) is 2.99. The van der Waals surface area contributed by atoms with Gasteiger partial charge in [0.05, 0.1) is 17.7 Å². The standard InChI is InChI=1S/C15H19N3O2/c1-2-3-6-9-20-14-11-7-4-5-8-13(11)17-10-12(14)15(16)18-19/h4-5,7-8,10,19H,2-3,6,9H2,1H3,(H2,16,18). The van der Waals surface area contributed by atoms with Crippen LogP contribution in [0.2, 0.25) is 0 Å². The fourth-order valence-electron chi connectivity index (χ4n) is 2.03. The first kappa shape index (κ1) is 14.1. The Bertz CT molecular complexity index is 611. The lowest BCUT2D eigenvalue weighted by atomic mass is 10.1. The Morgan fingerprint density at radius 1 is 1.35 bits per heavy atom. The van der Waals surface area contributed by atoms with Gasteiger partial charge in [-0.1, -0.05) is 37.1 Å². The molecule has 1 heterocycles. The number of hydrogen-bond acceptors (Lipinski definition) is 4. The number of aromatic nitrogens is 1. The maximum Gasteiger partial charge on any atom is 0.175 e. The summed E-state index contributed by atoms with van der Waals surface area (Å²) in [7, 11) is 0. The van der Waals surface area contributed by atoms with Gasteiger partial charge in [-0.15, -0.1) is 0 Å². The van der Waals surface area contributed by atoms with E-state index in [1.165, 1.54) is 0 Å². The van der Waals surface area contributed by atoms with E-state index in [4.69, 9.17) is 15.7 Å². The molecule has 0 aliphatic carbocycles. The number of fused-ring (bicyclic) bond motifs is 1. The maximum atomic E-state index is 8.87. The van der Waals surface area contributed by atoms with E-state index in [1.807, 2.05) is 24.3 Å². The largest absolute Gasteiger partial charge is 0.492 e. The quantitative estimate of drug-likeness (QED) is 0.279. The molecular weight excluding hydrogens is 254 g/mol. The van der Waals surface area contributed by atoms with Gasteiger partial charge < -0.3 is 15.7 Å². The summed E-state index contributed by atoms with van der Waals surface area (Å²) in [6.45, 7) is 2.75. The van der Waals surface area contributed by atoms with Gasteiger partial charge in [-0.05, 0) is 18.6 Å². The monoisotopic (exact) mass is 273 g/mol. The molecule has 0 radical (unpaired) electrons.